The lowest BCUT2D eigenvalue weighted by Crippen LogP contribution is -2.39. The van der Waals surface area contributed by atoms with Gasteiger partial charge in [-0.25, -0.2) is 0 Å². The smallest absolute Gasteiger partial charge is 0.281 e. The Hall–Kier alpha value is -3.77. The Morgan fingerprint density at radius 1 is 0.828 bits per heavy atom. The number of hydrazone groups is 1. The third kappa shape index (κ3) is 5.15. The molecular formula is C22H17ClN4O2. The van der Waals surface area contributed by atoms with Crippen LogP contribution in [0.15, 0.2) is 95.0 Å². The number of carbonyl (C=O) groups is 2. The van der Waals surface area contributed by atoms with Gasteiger partial charge in [0.25, 0.3) is 11.8 Å². The third-order valence-electron chi connectivity index (χ3n) is 3.88. The minimum absolute atomic E-state index is 0.342. The fourth-order valence-electron chi connectivity index (χ4n) is 2.42. The van der Waals surface area contributed by atoms with Gasteiger partial charge in [-0.05, 0) is 30.3 Å². The number of amides is 2. The van der Waals surface area contributed by atoms with Crippen molar-refractivity contribution in [3.05, 3.63) is 107 Å². The summed E-state index contributed by atoms with van der Waals surface area (Å²) >= 11 is 6.14. The first-order valence-electron chi connectivity index (χ1n) is 8.68. The van der Waals surface area contributed by atoms with Crippen molar-refractivity contribution in [2.75, 3.05) is 0 Å². The summed E-state index contributed by atoms with van der Waals surface area (Å²) in [5, 5.41) is 5.48. The average Bonchev–Trinajstić information content (AvgIpc) is 2.76. The molecule has 0 radical (unpaired) electrons. The van der Waals surface area contributed by atoms with E-state index in [1.165, 1.54) is 6.21 Å². The van der Waals surface area contributed by atoms with Crippen molar-refractivity contribution < 1.29 is 9.59 Å². The van der Waals surface area contributed by atoms with Gasteiger partial charge in [-0.1, -0.05) is 66.2 Å². The minimum atomic E-state index is -0.582. The second-order valence-corrected chi connectivity index (χ2v) is 6.30. The number of aliphatic imine (C=N–C) groups is 1. The highest BCUT2D eigenvalue weighted by atomic mass is 35.5. The Kier molecular flexibility index (Phi) is 6.50. The molecule has 7 heteroatoms. The number of carbonyl (C=O) groups excluding carboxylic acids is 2. The zero-order valence-electron chi connectivity index (χ0n) is 15.3. The molecule has 0 heterocycles. The van der Waals surface area contributed by atoms with E-state index in [1.54, 1.807) is 84.9 Å². The van der Waals surface area contributed by atoms with E-state index in [2.05, 4.69) is 10.1 Å². The first kappa shape index (κ1) is 20.0. The van der Waals surface area contributed by atoms with E-state index in [9.17, 15) is 9.59 Å². The van der Waals surface area contributed by atoms with Gasteiger partial charge in [-0.2, -0.15) is 15.1 Å². The molecule has 2 N–H and O–H groups in total. The summed E-state index contributed by atoms with van der Waals surface area (Å²) in [4.78, 5) is 29.1. The van der Waals surface area contributed by atoms with Crippen LogP contribution < -0.4 is 5.73 Å². The summed E-state index contributed by atoms with van der Waals surface area (Å²) in [6.45, 7) is 0. The van der Waals surface area contributed by atoms with Gasteiger partial charge in [0.15, 0.2) is 0 Å². The number of nitrogens with two attached hydrogens (primary N) is 1. The van der Waals surface area contributed by atoms with Gasteiger partial charge in [0.1, 0.15) is 0 Å². The number of rotatable bonds is 4. The van der Waals surface area contributed by atoms with Crippen molar-refractivity contribution in [2.24, 2.45) is 15.8 Å². The zero-order valence-corrected chi connectivity index (χ0v) is 16.0. The summed E-state index contributed by atoms with van der Waals surface area (Å²) in [6, 6.07) is 23.9. The fourth-order valence-corrected chi connectivity index (χ4v) is 2.60. The average molecular weight is 405 g/mol. The zero-order chi connectivity index (χ0) is 20.6. The molecular weight excluding hydrogens is 388 g/mol. The van der Waals surface area contributed by atoms with Crippen LogP contribution in [0.4, 0.5) is 0 Å². The SMILES string of the molecule is NC(=NC(=O)c1ccccc1)N(/N=C/c1ccccc1Cl)C(=O)c1ccccc1. The Labute approximate surface area is 172 Å². The number of benzene rings is 3. The lowest BCUT2D eigenvalue weighted by molar-refractivity contribution is 0.0848. The van der Waals surface area contributed by atoms with Gasteiger partial charge in [0.2, 0.25) is 5.96 Å². The topological polar surface area (TPSA) is 88.1 Å². The molecule has 0 unspecified atom stereocenters. The largest absolute Gasteiger partial charge is 0.368 e. The highest BCUT2D eigenvalue weighted by Gasteiger charge is 2.20. The van der Waals surface area contributed by atoms with Crippen molar-refractivity contribution >= 4 is 35.6 Å². The summed E-state index contributed by atoms with van der Waals surface area (Å²) in [5.41, 5.74) is 7.26. The van der Waals surface area contributed by atoms with E-state index in [0.717, 1.165) is 5.01 Å². The predicted octanol–water partition coefficient (Wildman–Crippen LogP) is 3.97. The fraction of sp³-hybridized carbons (Fsp3) is 0. The highest BCUT2D eigenvalue weighted by molar-refractivity contribution is 6.33. The maximum atomic E-state index is 12.9. The van der Waals surface area contributed by atoms with Crippen LogP contribution in [0.1, 0.15) is 26.3 Å². The first-order chi connectivity index (χ1) is 14.1. The summed E-state index contributed by atoms with van der Waals surface area (Å²) < 4.78 is 0. The van der Waals surface area contributed by atoms with Crippen LogP contribution in [-0.4, -0.2) is 29.0 Å². The molecule has 29 heavy (non-hydrogen) atoms. The van der Waals surface area contributed by atoms with Crippen LogP contribution in [0.2, 0.25) is 5.02 Å². The number of halogens is 1. The van der Waals surface area contributed by atoms with Crippen LogP contribution in [0.3, 0.4) is 0 Å². The number of hydrogen-bond donors (Lipinski definition) is 1. The normalized spacial score (nSPS) is 11.4. The number of guanidine groups is 1. The van der Waals surface area contributed by atoms with Crippen LogP contribution in [0.5, 0.6) is 0 Å². The van der Waals surface area contributed by atoms with Gasteiger partial charge in [0, 0.05) is 21.7 Å². The van der Waals surface area contributed by atoms with E-state index >= 15 is 0 Å². The molecule has 0 aromatic heterocycles. The first-order valence-corrected chi connectivity index (χ1v) is 9.05. The molecule has 0 aliphatic heterocycles. The van der Waals surface area contributed by atoms with Gasteiger partial charge in [-0.3, -0.25) is 9.59 Å². The molecule has 3 aromatic rings. The second kappa shape index (κ2) is 9.43. The minimum Gasteiger partial charge on any atom is -0.368 e. The second-order valence-electron chi connectivity index (χ2n) is 5.89. The van der Waals surface area contributed by atoms with E-state index in [4.69, 9.17) is 17.3 Å². The van der Waals surface area contributed by atoms with Crippen molar-refractivity contribution in [2.45, 2.75) is 0 Å². The summed E-state index contributed by atoms with van der Waals surface area (Å²) in [7, 11) is 0. The highest BCUT2D eigenvalue weighted by Crippen LogP contribution is 2.13. The van der Waals surface area contributed by atoms with Crippen LogP contribution in [-0.2, 0) is 0 Å². The lowest BCUT2D eigenvalue weighted by atomic mass is 10.2. The van der Waals surface area contributed by atoms with E-state index < -0.39 is 11.8 Å². The van der Waals surface area contributed by atoms with Crippen LogP contribution in [0, 0.1) is 0 Å². The molecule has 0 bridgehead atoms. The Bertz CT molecular complexity index is 1070. The number of hydrogen-bond acceptors (Lipinski definition) is 3. The predicted molar refractivity (Wildman–Crippen MR) is 114 cm³/mol. The van der Waals surface area contributed by atoms with Crippen LogP contribution >= 0.6 is 11.6 Å². The maximum Gasteiger partial charge on any atom is 0.281 e. The van der Waals surface area contributed by atoms with E-state index in [-0.39, 0.29) is 5.96 Å². The van der Waals surface area contributed by atoms with Gasteiger partial charge < -0.3 is 5.73 Å². The molecule has 3 aromatic carbocycles. The van der Waals surface area contributed by atoms with Crippen molar-refractivity contribution in [3.8, 4) is 0 Å². The molecule has 0 spiro atoms. The Morgan fingerprint density at radius 2 is 1.38 bits per heavy atom. The van der Waals surface area contributed by atoms with Gasteiger partial charge in [-0.15, -0.1) is 0 Å². The summed E-state index contributed by atoms with van der Waals surface area (Å²) in [5.74, 6) is -1.46. The molecule has 3 rings (SSSR count). The van der Waals surface area contributed by atoms with Crippen molar-refractivity contribution in [1.82, 2.24) is 5.01 Å². The molecule has 6 nitrogen and oxygen atoms in total. The lowest BCUT2D eigenvalue weighted by Gasteiger charge is -2.16. The Morgan fingerprint density at radius 3 is 2.00 bits per heavy atom. The molecule has 0 fully saturated rings. The van der Waals surface area contributed by atoms with Gasteiger partial charge in [0.05, 0.1) is 6.21 Å². The molecule has 0 saturated carbocycles. The third-order valence-corrected chi connectivity index (χ3v) is 4.23. The van der Waals surface area contributed by atoms with Crippen LogP contribution in [0.25, 0.3) is 0 Å². The Balaban J connectivity index is 1.95. The summed E-state index contributed by atoms with van der Waals surface area (Å²) in [6.07, 6.45) is 1.39. The molecule has 144 valence electrons. The van der Waals surface area contributed by atoms with E-state index in [1.807, 2.05) is 0 Å². The quantitative estimate of drug-likeness (QED) is 0.405. The number of nitrogens with zero attached hydrogens (tertiary/aromatic N) is 3. The van der Waals surface area contributed by atoms with Gasteiger partial charge >= 0.3 is 0 Å². The van der Waals surface area contributed by atoms with E-state index in [0.29, 0.717) is 21.7 Å². The maximum absolute atomic E-state index is 12.9. The standard InChI is InChI=1S/C22H17ClN4O2/c23-19-14-8-7-13-18(19)15-25-27(21(29)17-11-5-2-6-12-17)22(24)26-20(28)16-9-3-1-4-10-16/h1-15H,(H2,24,26,28)/b25-15+. The molecule has 0 aliphatic rings. The molecule has 0 atom stereocenters. The van der Waals surface area contributed by atoms with Crippen molar-refractivity contribution in [1.29, 1.82) is 0 Å². The molecule has 0 saturated heterocycles. The van der Waals surface area contributed by atoms with Crippen molar-refractivity contribution in [3.63, 3.8) is 0 Å². The molecule has 2 amide bonds. The molecule has 0 aliphatic carbocycles. The monoisotopic (exact) mass is 404 g/mol.